The molecule has 10 nitrogen and oxygen atoms in total. The first-order chi connectivity index (χ1) is 15.2. The Balaban J connectivity index is 2.02. The van der Waals surface area contributed by atoms with E-state index in [0.717, 1.165) is 17.3 Å². The fourth-order valence-corrected chi connectivity index (χ4v) is 3.78. The highest BCUT2D eigenvalue weighted by atomic mass is 16.6. The highest BCUT2D eigenvalue weighted by Crippen LogP contribution is 2.51. The molecule has 0 amide bonds. The number of nitrogens with zero attached hydrogens (tertiary/aromatic N) is 4. The van der Waals surface area contributed by atoms with Crippen molar-refractivity contribution in [2.75, 3.05) is 19.0 Å². The van der Waals surface area contributed by atoms with Crippen LogP contribution in [0.5, 0.6) is 0 Å². The van der Waals surface area contributed by atoms with Gasteiger partial charge in [0.05, 0.1) is 26.4 Å². The summed E-state index contributed by atoms with van der Waals surface area (Å²) in [5.74, 6) is 0. The fraction of sp³-hybridized carbons (Fsp3) is 0.0909. The maximum absolute atomic E-state index is 11.7. The van der Waals surface area contributed by atoms with Gasteiger partial charge in [-0.15, -0.1) is 0 Å². The van der Waals surface area contributed by atoms with Crippen LogP contribution in [0, 0.1) is 30.3 Å². The Morgan fingerprint density at radius 1 is 0.719 bits per heavy atom. The van der Waals surface area contributed by atoms with Gasteiger partial charge in [0.2, 0.25) is 0 Å². The van der Waals surface area contributed by atoms with Crippen molar-refractivity contribution in [1.82, 2.24) is 0 Å². The van der Waals surface area contributed by atoms with Crippen molar-refractivity contribution < 1.29 is 14.8 Å². The zero-order valence-electron chi connectivity index (χ0n) is 17.0. The summed E-state index contributed by atoms with van der Waals surface area (Å²) in [4.78, 5) is 34.5. The quantitative estimate of drug-likeness (QED) is 0.318. The van der Waals surface area contributed by atoms with Gasteiger partial charge in [-0.1, -0.05) is 12.1 Å². The third-order valence-corrected chi connectivity index (χ3v) is 5.29. The number of nitro benzene ring substituents is 3. The molecule has 0 aromatic heterocycles. The van der Waals surface area contributed by atoms with Crippen LogP contribution < -0.4 is 4.90 Å². The molecule has 0 N–H and O–H groups in total. The Bertz CT molecular complexity index is 1330. The van der Waals surface area contributed by atoms with E-state index in [-0.39, 0.29) is 16.8 Å². The molecule has 0 radical (unpaired) electrons. The number of fused-ring (bicyclic) bond motifs is 3. The number of nitro groups is 3. The lowest BCUT2D eigenvalue weighted by atomic mass is 10.00. The third-order valence-electron chi connectivity index (χ3n) is 5.29. The molecular weight excluding hydrogens is 416 g/mol. The summed E-state index contributed by atoms with van der Waals surface area (Å²) in [6, 6.07) is 13.7. The molecule has 1 aliphatic rings. The van der Waals surface area contributed by atoms with Gasteiger partial charge < -0.3 is 4.90 Å². The smallest absolute Gasteiger partial charge is 0.284 e. The van der Waals surface area contributed by atoms with Crippen molar-refractivity contribution in [3.8, 4) is 11.1 Å². The lowest BCUT2D eigenvalue weighted by molar-refractivity contribution is -0.393. The van der Waals surface area contributed by atoms with E-state index in [4.69, 9.17) is 0 Å². The molecule has 1 aliphatic carbocycles. The number of benzene rings is 3. The molecule has 0 fully saturated rings. The van der Waals surface area contributed by atoms with Gasteiger partial charge in [-0.2, -0.15) is 0 Å². The van der Waals surface area contributed by atoms with Crippen molar-refractivity contribution in [1.29, 1.82) is 0 Å². The maximum atomic E-state index is 11.7. The molecule has 0 saturated heterocycles. The van der Waals surface area contributed by atoms with E-state index in [2.05, 4.69) is 0 Å². The van der Waals surface area contributed by atoms with Crippen LogP contribution in [0.1, 0.15) is 16.7 Å². The van der Waals surface area contributed by atoms with Crippen molar-refractivity contribution in [3.05, 3.63) is 102 Å². The Morgan fingerprint density at radius 2 is 1.34 bits per heavy atom. The summed E-state index contributed by atoms with van der Waals surface area (Å²) in [5, 5.41) is 34.5. The van der Waals surface area contributed by atoms with Crippen LogP contribution in [0.15, 0.2) is 54.6 Å². The van der Waals surface area contributed by atoms with E-state index in [1.807, 2.05) is 43.3 Å². The molecule has 0 atom stereocenters. The number of hydrogen-bond donors (Lipinski definition) is 0. The first-order valence-corrected chi connectivity index (χ1v) is 9.43. The molecule has 0 heterocycles. The molecule has 32 heavy (non-hydrogen) atoms. The van der Waals surface area contributed by atoms with E-state index < -0.39 is 26.1 Å². The molecule has 0 bridgehead atoms. The molecule has 0 unspecified atom stereocenters. The second kappa shape index (κ2) is 7.58. The topological polar surface area (TPSA) is 133 Å². The van der Waals surface area contributed by atoms with E-state index in [1.165, 1.54) is 24.3 Å². The lowest BCUT2D eigenvalue weighted by Gasteiger charge is -2.12. The molecule has 3 aromatic rings. The summed E-state index contributed by atoms with van der Waals surface area (Å²) in [5.41, 5.74) is 2.46. The van der Waals surface area contributed by atoms with Crippen LogP contribution in [-0.2, 0) is 0 Å². The minimum atomic E-state index is -0.692. The maximum Gasteiger partial charge on any atom is 0.284 e. The van der Waals surface area contributed by atoms with Crippen LogP contribution in [-0.4, -0.2) is 28.9 Å². The number of rotatable bonds is 5. The van der Waals surface area contributed by atoms with Crippen molar-refractivity contribution in [2.24, 2.45) is 0 Å². The highest BCUT2D eigenvalue weighted by Gasteiger charge is 2.34. The Kier molecular flexibility index (Phi) is 4.90. The third kappa shape index (κ3) is 3.43. The highest BCUT2D eigenvalue weighted by molar-refractivity contribution is 6.09. The average Bonchev–Trinajstić information content (AvgIpc) is 3.06. The van der Waals surface area contributed by atoms with Crippen LogP contribution in [0.25, 0.3) is 22.8 Å². The van der Waals surface area contributed by atoms with Gasteiger partial charge in [0.15, 0.2) is 0 Å². The van der Waals surface area contributed by atoms with Gasteiger partial charge in [0, 0.05) is 43.5 Å². The molecule has 4 rings (SSSR count). The first-order valence-electron chi connectivity index (χ1n) is 9.43. The van der Waals surface area contributed by atoms with Crippen LogP contribution >= 0.6 is 0 Å². The predicted octanol–water partition coefficient (Wildman–Crippen LogP) is 5.05. The fourth-order valence-electron chi connectivity index (χ4n) is 3.78. The number of non-ortho nitro benzene ring substituents is 2. The first kappa shape index (κ1) is 20.7. The normalized spacial score (nSPS) is 12.9. The van der Waals surface area contributed by atoms with Gasteiger partial charge in [0.25, 0.3) is 17.1 Å². The zero-order chi connectivity index (χ0) is 23.2. The van der Waals surface area contributed by atoms with E-state index in [0.29, 0.717) is 16.7 Å². The van der Waals surface area contributed by atoms with Crippen LogP contribution in [0.3, 0.4) is 0 Å². The molecule has 0 spiro atoms. The summed E-state index contributed by atoms with van der Waals surface area (Å²) in [7, 11) is 3.79. The molecule has 3 aromatic carbocycles. The van der Waals surface area contributed by atoms with E-state index >= 15 is 0 Å². The number of hydrogen-bond acceptors (Lipinski definition) is 7. The molecule has 0 saturated carbocycles. The Labute approximate surface area is 181 Å². The van der Waals surface area contributed by atoms with Crippen LogP contribution in [0.4, 0.5) is 22.7 Å². The molecule has 10 heteroatoms. The minimum absolute atomic E-state index is 0.178. The van der Waals surface area contributed by atoms with E-state index in [1.54, 1.807) is 6.08 Å². The summed E-state index contributed by atoms with van der Waals surface area (Å²) in [6.45, 7) is 0. The van der Waals surface area contributed by atoms with Crippen molar-refractivity contribution in [2.45, 2.75) is 0 Å². The summed E-state index contributed by atoms with van der Waals surface area (Å²) in [6.07, 6.45) is 1.72. The van der Waals surface area contributed by atoms with Gasteiger partial charge in [0.1, 0.15) is 0 Å². The molecule has 160 valence electrons. The summed E-state index contributed by atoms with van der Waals surface area (Å²) >= 11 is 0. The largest absolute Gasteiger partial charge is 0.378 e. The molecule has 0 aliphatic heterocycles. The molecular formula is C22H16N4O6. The van der Waals surface area contributed by atoms with Gasteiger partial charge >= 0.3 is 0 Å². The Morgan fingerprint density at radius 3 is 1.91 bits per heavy atom. The average molecular weight is 432 g/mol. The van der Waals surface area contributed by atoms with E-state index in [9.17, 15) is 30.3 Å². The predicted molar refractivity (Wildman–Crippen MR) is 120 cm³/mol. The van der Waals surface area contributed by atoms with Gasteiger partial charge in [-0.25, -0.2) is 0 Å². The second-order valence-corrected chi connectivity index (χ2v) is 7.43. The Hall–Kier alpha value is -4.60. The monoisotopic (exact) mass is 432 g/mol. The standard InChI is InChI=1S/C22H16N4O6/c1-23(2)14-5-3-13(4-6-14)9-18-19-10-15(24(27)28)7-8-17(19)22-20(18)11-16(25(29)30)12-21(22)26(31)32/h3-12H,1-2H3/b18-9+. The zero-order valence-corrected chi connectivity index (χ0v) is 17.0. The minimum Gasteiger partial charge on any atom is -0.378 e. The summed E-state index contributed by atoms with van der Waals surface area (Å²) < 4.78 is 0. The second-order valence-electron chi connectivity index (χ2n) is 7.43. The van der Waals surface area contributed by atoms with Crippen LogP contribution in [0.2, 0.25) is 0 Å². The number of anilines is 1. The van der Waals surface area contributed by atoms with Crippen molar-refractivity contribution in [3.63, 3.8) is 0 Å². The van der Waals surface area contributed by atoms with Gasteiger partial charge in [-0.05, 0) is 46.5 Å². The SMILES string of the molecule is CN(C)c1ccc(/C=C2\c3cc([N+](=O)[O-])ccc3-c3c2cc([N+](=O)[O-])cc3[N+](=O)[O-])cc1. The van der Waals surface area contributed by atoms with Crippen molar-refractivity contribution >= 4 is 34.4 Å². The van der Waals surface area contributed by atoms with Gasteiger partial charge in [-0.3, -0.25) is 30.3 Å². The lowest BCUT2D eigenvalue weighted by Crippen LogP contribution is -2.07.